The van der Waals surface area contributed by atoms with Crippen molar-refractivity contribution in [3.8, 4) is 5.75 Å². The van der Waals surface area contributed by atoms with Crippen LogP contribution in [0.5, 0.6) is 5.75 Å². The Balaban J connectivity index is 1.73. The van der Waals surface area contributed by atoms with Gasteiger partial charge in [-0.25, -0.2) is 0 Å². The third kappa shape index (κ3) is 6.19. The van der Waals surface area contributed by atoms with Crippen LogP contribution in [0.25, 0.3) is 0 Å². The molecule has 2 aromatic carbocycles. The van der Waals surface area contributed by atoms with E-state index in [-0.39, 0.29) is 17.4 Å². The molecular weight excluding hydrogens is 414 g/mol. The Bertz CT molecular complexity index is 737. The molecule has 1 N–H and O–H groups in total. The van der Waals surface area contributed by atoms with Gasteiger partial charge in [-0.3, -0.25) is 9.59 Å². The van der Waals surface area contributed by atoms with Crippen molar-refractivity contribution in [2.45, 2.75) is 6.92 Å². The monoisotopic (exact) mass is 427 g/mol. The average molecular weight is 429 g/mol. The summed E-state index contributed by atoms with van der Waals surface area (Å²) >= 11 is 10.3. The molecule has 1 amide bonds. The van der Waals surface area contributed by atoms with Gasteiger partial charge in [0.15, 0.2) is 0 Å². The van der Waals surface area contributed by atoms with E-state index in [0.717, 1.165) is 11.3 Å². The second kappa shape index (κ2) is 9.11. The predicted molar refractivity (Wildman–Crippen MR) is 102 cm³/mol. The highest BCUT2D eigenvalue weighted by molar-refractivity contribution is 9.10. The standard InChI is InChI=1S/C17H15BrClNO3S/c1-11-2-5-13(6-3-11)20-16(21)9-24-10-17(22)23-15-7-4-12(19)8-14(15)18/h2-8H,9-10H2,1H3,(H,20,21). The van der Waals surface area contributed by atoms with Gasteiger partial charge in [-0.1, -0.05) is 29.3 Å². The number of esters is 1. The molecule has 0 fully saturated rings. The van der Waals surface area contributed by atoms with Gasteiger partial charge in [0.2, 0.25) is 5.91 Å². The van der Waals surface area contributed by atoms with Crippen LogP contribution in [0.4, 0.5) is 5.69 Å². The van der Waals surface area contributed by atoms with Crippen LogP contribution < -0.4 is 10.1 Å². The molecule has 2 rings (SSSR count). The Hall–Kier alpha value is -1.50. The third-order valence-corrected chi connectivity index (χ3v) is 4.67. The molecule has 0 unspecified atom stereocenters. The second-order valence-electron chi connectivity index (χ2n) is 4.96. The van der Waals surface area contributed by atoms with E-state index in [1.54, 1.807) is 18.2 Å². The van der Waals surface area contributed by atoms with Crippen molar-refractivity contribution in [2.24, 2.45) is 0 Å². The van der Waals surface area contributed by atoms with Crippen LogP contribution in [0.2, 0.25) is 5.02 Å². The first-order valence-electron chi connectivity index (χ1n) is 7.04. The molecule has 126 valence electrons. The number of rotatable bonds is 6. The number of benzene rings is 2. The number of halogens is 2. The lowest BCUT2D eigenvalue weighted by Crippen LogP contribution is -2.17. The predicted octanol–water partition coefficient (Wildman–Crippen LogP) is 4.69. The highest BCUT2D eigenvalue weighted by atomic mass is 79.9. The minimum absolute atomic E-state index is 0.0797. The SMILES string of the molecule is Cc1ccc(NC(=O)CSCC(=O)Oc2ccc(Cl)cc2Br)cc1. The zero-order valence-corrected chi connectivity index (χ0v) is 16.0. The van der Waals surface area contributed by atoms with Gasteiger partial charge in [0.25, 0.3) is 0 Å². The van der Waals surface area contributed by atoms with Crippen molar-refractivity contribution in [1.82, 2.24) is 0 Å². The number of carbonyl (C=O) groups excluding carboxylic acids is 2. The fraction of sp³-hybridized carbons (Fsp3) is 0.176. The highest BCUT2D eigenvalue weighted by Crippen LogP contribution is 2.28. The van der Waals surface area contributed by atoms with Crippen molar-refractivity contribution < 1.29 is 14.3 Å². The largest absolute Gasteiger partial charge is 0.425 e. The number of carbonyl (C=O) groups is 2. The van der Waals surface area contributed by atoms with Crippen LogP contribution in [-0.4, -0.2) is 23.4 Å². The van der Waals surface area contributed by atoms with Crippen LogP contribution >= 0.6 is 39.3 Å². The van der Waals surface area contributed by atoms with Crippen molar-refractivity contribution >= 4 is 56.9 Å². The molecule has 0 atom stereocenters. The minimum Gasteiger partial charge on any atom is -0.425 e. The number of amides is 1. The number of aryl methyl sites for hydroxylation is 1. The molecule has 0 spiro atoms. The molecule has 0 saturated heterocycles. The summed E-state index contributed by atoms with van der Waals surface area (Å²) in [4.78, 5) is 23.6. The van der Waals surface area contributed by atoms with E-state index in [1.165, 1.54) is 11.8 Å². The van der Waals surface area contributed by atoms with Gasteiger partial charge in [-0.2, -0.15) is 0 Å². The molecule has 0 heterocycles. The minimum atomic E-state index is -0.425. The molecule has 0 saturated carbocycles. The number of nitrogens with one attached hydrogen (secondary N) is 1. The third-order valence-electron chi connectivity index (χ3n) is 2.91. The summed E-state index contributed by atoms with van der Waals surface area (Å²) < 4.78 is 5.82. The Morgan fingerprint density at radius 2 is 1.88 bits per heavy atom. The molecule has 0 radical (unpaired) electrons. The summed E-state index contributed by atoms with van der Waals surface area (Å²) in [5.74, 6) is 0.0609. The molecule has 2 aromatic rings. The topological polar surface area (TPSA) is 55.4 Å². The van der Waals surface area contributed by atoms with Crippen LogP contribution in [0.15, 0.2) is 46.9 Å². The van der Waals surface area contributed by atoms with E-state index in [1.807, 2.05) is 31.2 Å². The Kier molecular flexibility index (Phi) is 7.15. The van der Waals surface area contributed by atoms with Crippen LogP contribution in [0.3, 0.4) is 0 Å². The van der Waals surface area contributed by atoms with Gasteiger partial charge in [0.1, 0.15) is 5.75 Å². The van der Waals surface area contributed by atoms with E-state index in [2.05, 4.69) is 21.2 Å². The van der Waals surface area contributed by atoms with Gasteiger partial charge in [0, 0.05) is 10.7 Å². The second-order valence-corrected chi connectivity index (χ2v) is 7.23. The molecule has 0 aliphatic carbocycles. The van der Waals surface area contributed by atoms with E-state index in [4.69, 9.17) is 16.3 Å². The van der Waals surface area contributed by atoms with Gasteiger partial charge in [-0.05, 0) is 53.2 Å². The Morgan fingerprint density at radius 3 is 2.54 bits per heavy atom. The molecule has 4 nitrogen and oxygen atoms in total. The van der Waals surface area contributed by atoms with E-state index >= 15 is 0 Å². The number of hydrogen-bond donors (Lipinski definition) is 1. The maximum Gasteiger partial charge on any atom is 0.321 e. The van der Waals surface area contributed by atoms with Crippen LogP contribution in [0, 0.1) is 6.92 Å². The zero-order chi connectivity index (χ0) is 17.5. The number of hydrogen-bond acceptors (Lipinski definition) is 4. The summed E-state index contributed by atoms with van der Waals surface area (Å²) in [6.45, 7) is 1.98. The summed E-state index contributed by atoms with van der Waals surface area (Å²) in [5, 5.41) is 3.32. The first-order valence-corrected chi connectivity index (χ1v) is 9.36. The molecule has 7 heteroatoms. The van der Waals surface area contributed by atoms with Gasteiger partial charge in [0.05, 0.1) is 16.0 Å². The van der Waals surface area contributed by atoms with Crippen LogP contribution in [0.1, 0.15) is 5.56 Å². The van der Waals surface area contributed by atoms with Crippen molar-refractivity contribution in [3.05, 3.63) is 57.5 Å². The quantitative estimate of drug-likeness (QED) is 0.536. The number of anilines is 1. The lowest BCUT2D eigenvalue weighted by Gasteiger charge is -2.07. The first-order chi connectivity index (χ1) is 11.4. The van der Waals surface area contributed by atoms with Gasteiger partial charge < -0.3 is 10.1 Å². The maximum absolute atomic E-state index is 11.8. The van der Waals surface area contributed by atoms with Crippen molar-refractivity contribution in [3.63, 3.8) is 0 Å². The summed E-state index contributed by atoms with van der Waals surface area (Å²) in [5.41, 5.74) is 1.86. The van der Waals surface area contributed by atoms with E-state index in [0.29, 0.717) is 15.2 Å². The molecule has 0 bridgehead atoms. The summed E-state index contributed by atoms with van der Waals surface area (Å²) in [7, 11) is 0. The number of ether oxygens (including phenoxy) is 1. The lowest BCUT2D eigenvalue weighted by atomic mass is 10.2. The lowest BCUT2D eigenvalue weighted by molar-refractivity contribution is -0.131. The number of thioether (sulfide) groups is 1. The van der Waals surface area contributed by atoms with Crippen molar-refractivity contribution in [2.75, 3.05) is 16.8 Å². The van der Waals surface area contributed by atoms with Crippen molar-refractivity contribution in [1.29, 1.82) is 0 Å². The van der Waals surface area contributed by atoms with E-state index in [9.17, 15) is 9.59 Å². The van der Waals surface area contributed by atoms with Gasteiger partial charge in [-0.15, -0.1) is 11.8 Å². The maximum atomic E-state index is 11.8. The Morgan fingerprint density at radius 1 is 1.17 bits per heavy atom. The average Bonchev–Trinajstić information content (AvgIpc) is 2.52. The zero-order valence-electron chi connectivity index (χ0n) is 12.8. The van der Waals surface area contributed by atoms with E-state index < -0.39 is 5.97 Å². The fourth-order valence-corrected chi connectivity index (χ4v) is 3.12. The first kappa shape index (κ1) is 18.8. The molecular formula is C17H15BrClNO3S. The summed E-state index contributed by atoms with van der Waals surface area (Å²) in [6, 6.07) is 12.4. The van der Waals surface area contributed by atoms with Gasteiger partial charge >= 0.3 is 5.97 Å². The normalized spacial score (nSPS) is 10.3. The summed E-state index contributed by atoms with van der Waals surface area (Å²) in [6.07, 6.45) is 0. The highest BCUT2D eigenvalue weighted by Gasteiger charge is 2.10. The molecule has 0 aliphatic heterocycles. The smallest absolute Gasteiger partial charge is 0.321 e. The molecule has 0 aromatic heterocycles. The molecule has 0 aliphatic rings. The Labute approximate surface area is 158 Å². The molecule has 24 heavy (non-hydrogen) atoms. The fourth-order valence-electron chi connectivity index (χ4n) is 1.77. The van der Waals surface area contributed by atoms with Crippen LogP contribution in [-0.2, 0) is 9.59 Å².